The van der Waals surface area contributed by atoms with E-state index in [0.29, 0.717) is 0 Å². The van der Waals surface area contributed by atoms with Gasteiger partial charge in [-0.1, -0.05) is 0 Å². The van der Waals surface area contributed by atoms with E-state index >= 15 is 0 Å². The first-order valence-electron chi connectivity index (χ1n) is 6.23. The summed E-state index contributed by atoms with van der Waals surface area (Å²) in [7, 11) is 0. The quantitative estimate of drug-likeness (QED) is 0.883. The predicted octanol–water partition coefficient (Wildman–Crippen LogP) is 3.26. The van der Waals surface area contributed by atoms with Crippen LogP contribution in [0.4, 0.5) is 0 Å². The zero-order valence-electron chi connectivity index (χ0n) is 10.8. The molecule has 4 N–H and O–H groups in total. The van der Waals surface area contributed by atoms with Gasteiger partial charge in [-0.15, -0.1) is 22.7 Å². The highest BCUT2D eigenvalue weighted by Gasteiger charge is 2.08. The van der Waals surface area contributed by atoms with E-state index < -0.39 is 0 Å². The van der Waals surface area contributed by atoms with Crippen molar-refractivity contribution in [3.05, 3.63) is 34.0 Å². The molecule has 0 aromatic carbocycles. The van der Waals surface area contributed by atoms with Crippen LogP contribution in [0, 0.1) is 0 Å². The van der Waals surface area contributed by atoms with Gasteiger partial charge in [-0.2, -0.15) is 0 Å². The zero-order valence-corrected chi connectivity index (χ0v) is 12.5. The van der Waals surface area contributed by atoms with Crippen molar-refractivity contribution >= 4 is 22.7 Å². The van der Waals surface area contributed by atoms with Crippen molar-refractivity contribution in [3.63, 3.8) is 0 Å². The van der Waals surface area contributed by atoms with Crippen molar-refractivity contribution in [1.82, 2.24) is 0 Å². The highest BCUT2D eigenvalue weighted by Crippen LogP contribution is 2.34. The molecule has 2 atom stereocenters. The Morgan fingerprint density at radius 1 is 0.833 bits per heavy atom. The summed E-state index contributed by atoms with van der Waals surface area (Å²) in [5.41, 5.74) is 11.7. The molecule has 0 aliphatic carbocycles. The Morgan fingerprint density at radius 3 is 1.56 bits per heavy atom. The molecule has 18 heavy (non-hydrogen) atoms. The molecule has 2 rings (SSSR count). The van der Waals surface area contributed by atoms with Crippen LogP contribution >= 0.6 is 22.7 Å². The molecule has 2 aromatic heterocycles. The Balaban J connectivity index is 2.11. The van der Waals surface area contributed by atoms with Gasteiger partial charge in [0, 0.05) is 31.6 Å². The third-order valence-corrected chi connectivity index (χ3v) is 5.02. The van der Waals surface area contributed by atoms with E-state index in [0.717, 1.165) is 12.8 Å². The third-order valence-electron chi connectivity index (χ3n) is 2.61. The summed E-state index contributed by atoms with van der Waals surface area (Å²) < 4.78 is 0. The molecule has 2 heterocycles. The van der Waals surface area contributed by atoms with Crippen LogP contribution in [-0.4, -0.2) is 12.1 Å². The maximum Gasteiger partial charge on any atom is 0.0445 e. The van der Waals surface area contributed by atoms with Crippen LogP contribution in [0.15, 0.2) is 24.3 Å². The molecular formula is C14H20N2S2. The molecule has 4 heteroatoms. The van der Waals surface area contributed by atoms with Crippen LogP contribution < -0.4 is 11.5 Å². The van der Waals surface area contributed by atoms with E-state index in [4.69, 9.17) is 11.5 Å². The summed E-state index contributed by atoms with van der Waals surface area (Å²) in [5, 5.41) is 0. The zero-order chi connectivity index (χ0) is 13.1. The molecule has 2 nitrogen and oxygen atoms in total. The molecular weight excluding hydrogens is 260 g/mol. The van der Waals surface area contributed by atoms with Gasteiger partial charge >= 0.3 is 0 Å². The molecule has 0 saturated carbocycles. The molecule has 2 unspecified atom stereocenters. The van der Waals surface area contributed by atoms with Gasteiger partial charge in [0.25, 0.3) is 0 Å². The fourth-order valence-electron chi connectivity index (χ4n) is 1.87. The van der Waals surface area contributed by atoms with Crippen LogP contribution in [-0.2, 0) is 12.8 Å². The van der Waals surface area contributed by atoms with Crippen molar-refractivity contribution in [2.24, 2.45) is 11.5 Å². The van der Waals surface area contributed by atoms with Crippen LogP contribution in [0.5, 0.6) is 0 Å². The molecule has 0 amide bonds. The second-order valence-corrected chi connectivity index (χ2v) is 7.23. The van der Waals surface area contributed by atoms with Crippen molar-refractivity contribution in [1.29, 1.82) is 0 Å². The van der Waals surface area contributed by atoms with Crippen LogP contribution in [0.3, 0.4) is 0 Å². The van der Waals surface area contributed by atoms with Crippen LogP contribution in [0.1, 0.15) is 23.6 Å². The van der Waals surface area contributed by atoms with Crippen LogP contribution in [0.25, 0.3) is 9.75 Å². The third kappa shape index (κ3) is 3.65. The van der Waals surface area contributed by atoms with Gasteiger partial charge in [0.1, 0.15) is 0 Å². The number of thiophene rings is 2. The first kappa shape index (κ1) is 13.7. The number of nitrogens with two attached hydrogens (primary N) is 2. The Kier molecular flexibility index (Phi) is 4.56. The number of rotatable bonds is 5. The summed E-state index contributed by atoms with van der Waals surface area (Å²) in [6.45, 7) is 4.09. The van der Waals surface area contributed by atoms with Gasteiger partial charge in [-0.05, 0) is 51.0 Å². The van der Waals surface area contributed by atoms with Gasteiger partial charge in [0.05, 0.1) is 0 Å². The van der Waals surface area contributed by atoms with E-state index in [1.165, 1.54) is 19.5 Å². The molecule has 2 aromatic rings. The smallest absolute Gasteiger partial charge is 0.0445 e. The lowest BCUT2D eigenvalue weighted by Gasteiger charge is -2.00. The van der Waals surface area contributed by atoms with Gasteiger partial charge in [-0.25, -0.2) is 0 Å². The Morgan fingerprint density at radius 2 is 1.22 bits per heavy atom. The first-order chi connectivity index (χ1) is 8.54. The molecule has 0 bridgehead atoms. The molecule has 0 spiro atoms. The fourth-order valence-corrected chi connectivity index (χ4v) is 4.26. The van der Waals surface area contributed by atoms with E-state index in [1.54, 1.807) is 0 Å². The average Bonchev–Trinajstić information content (AvgIpc) is 2.85. The lowest BCUT2D eigenvalue weighted by molar-refractivity contribution is 0.746. The van der Waals surface area contributed by atoms with E-state index in [9.17, 15) is 0 Å². The summed E-state index contributed by atoms with van der Waals surface area (Å²) in [6.07, 6.45) is 1.92. The topological polar surface area (TPSA) is 52.0 Å². The van der Waals surface area contributed by atoms with Crippen molar-refractivity contribution < 1.29 is 0 Å². The predicted molar refractivity (Wildman–Crippen MR) is 82.3 cm³/mol. The minimum atomic E-state index is 0.230. The lowest BCUT2D eigenvalue weighted by atomic mass is 10.2. The standard InChI is InChI=1S/C14H20N2S2/c1-9(15)7-11-3-5-13(17-11)14-6-4-12(18-14)8-10(2)16/h3-6,9-10H,7-8,15-16H2,1-2H3. The first-order valence-corrected chi connectivity index (χ1v) is 7.87. The Labute approximate surface area is 117 Å². The normalized spacial score (nSPS) is 14.7. The van der Waals surface area contributed by atoms with Crippen LogP contribution in [0.2, 0.25) is 0 Å². The van der Waals surface area contributed by atoms with Gasteiger partial charge in [-0.3, -0.25) is 0 Å². The summed E-state index contributed by atoms with van der Waals surface area (Å²) in [5.74, 6) is 0. The largest absolute Gasteiger partial charge is 0.328 e. The Hall–Kier alpha value is -0.680. The van der Waals surface area contributed by atoms with E-state index in [1.807, 2.05) is 36.5 Å². The number of hydrogen-bond donors (Lipinski definition) is 2. The summed E-state index contributed by atoms with van der Waals surface area (Å²) in [6, 6.07) is 9.23. The highest BCUT2D eigenvalue weighted by atomic mass is 32.1. The fraction of sp³-hybridized carbons (Fsp3) is 0.429. The summed E-state index contributed by atoms with van der Waals surface area (Å²) in [4.78, 5) is 5.41. The van der Waals surface area contributed by atoms with E-state index in [-0.39, 0.29) is 12.1 Å². The number of hydrogen-bond acceptors (Lipinski definition) is 4. The van der Waals surface area contributed by atoms with Gasteiger partial charge in [0.15, 0.2) is 0 Å². The van der Waals surface area contributed by atoms with Gasteiger partial charge < -0.3 is 11.5 Å². The molecule has 0 saturated heterocycles. The summed E-state index contributed by atoms with van der Waals surface area (Å²) >= 11 is 3.69. The van der Waals surface area contributed by atoms with Gasteiger partial charge in [0.2, 0.25) is 0 Å². The maximum absolute atomic E-state index is 5.83. The minimum absolute atomic E-state index is 0.230. The second kappa shape index (κ2) is 5.97. The monoisotopic (exact) mass is 280 g/mol. The molecule has 98 valence electrons. The molecule has 0 radical (unpaired) electrons. The lowest BCUT2D eigenvalue weighted by Crippen LogP contribution is -2.16. The molecule has 0 fully saturated rings. The van der Waals surface area contributed by atoms with Crippen molar-refractivity contribution in [3.8, 4) is 9.75 Å². The minimum Gasteiger partial charge on any atom is -0.328 e. The highest BCUT2D eigenvalue weighted by molar-refractivity contribution is 7.22. The SMILES string of the molecule is CC(N)Cc1ccc(-c2ccc(CC(C)N)s2)s1. The second-order valence-electron chi connectivity index (χ2n) is 4.89. The molecule has 0 aliphatic heterocycles. The molecule has 0 aliphatic rings. The van der Waals surface area contributed by atoms with E-state index in [2.05, 4.69) is 24.3 Å². The van der Waals surface area contributed by atoms with Crippen molar-refractivity contribution in [2.75, 3.05) is 0 Å². The van der Waals surface area contributed by atoms with Crippen molar-refractivity contribution in [2.45, 2.75) is 38.8 Å². The average molecular weight is 280 g/mol. The Bertz CT molecular complexity index is 451. The maximum atomic E-state index is 5.83.